The van der Waals surface area contributed by atoms with Crippen molar-refractivity contribution in [3.05, 3.63) is 10.6 Å². The molecule has 0 radical (unpaired) electrons. The van der Waals surface area contributed by atoms with Gasteiger partial charge in [0, 0.05) is 24.4 Å². The van der Waals surface area contributed by atoms with E-state index < -0.39 is 12.8 Å². The molecule has 0 unspecified atom stereocenters. The molecule has 1 aromatic rings. The van der Waals surface area contributed by atoms with Gasteiger partial charge in [-0.2, -0.15) is 13.2 Å². The topological polar surface area (TPSA) is 42.4 Å². The Kier molecular flexibility index (Phi) is 5.68. The number of aromatic nitrogens is 1. The monoisotopic (exact) mass is 376 g/mol. The van der Waals surface area contributed by atoms with Crippen LogP contribution in [0.1, 0.15) is 43.2 Å². The number of ketones is 1. The van der Waals surface area contributed by atoms with E-state index in [1.54, 1.807) is 6.92 Å². The molecular formula is C17H23F3N2O2S. The summed E-state index contributed by atoms with van der Waals surface area (Å²) in [6.45, 7) is 2.95. The number of halogens is 3. The summed E-state index contributed by atoms with van der Waals surface area (Å²) in [4.78, 5) is 18.7. The highest BCUT2D eigenvalue weighted by atomic mass is 32.1. The Labute approximate surface area is 149 Å². The van der Waals surface area contributed by atoms with Gasteiger partial charge in [-0.15, -0.1) is 0 Å². The summed E-state index contributed by atoms with van der Waals surface area (Å²) in [7, 11) is 0. The highest BCUT2D eigenvalue weighted by Gasteiger charge is 2.31. The van der Waals surface area contributed by atoms with E-state index >= 15 is 0 Å². The number of Topliss-reactive ketones (excluding diaryl/α,β-unsaturated/α-hetero) is 1. The molecule has 1 aromatic heterocycles. The molecule has 0 saturated heterocycles. The molecule has 0 atom stereocenters. The van der Waals surface area contributed by atoms with E-state index in [2.05, 4.69) is 9.88 Å². The van der Waals surface area contributed by atoms with Crippen molar-refractivity contribution in [1.82, 2.24) is 9.88 Å². The number of rotatable bonds is 7. The van der Waals surface area contributed by atoms with Crippen LogP contribution in [0.5, 0.6) is 5.19 Å². The quantitative estimate of drug-likeness (QED) is 0.725. The second-order valence-corrected chi connectivity index (χ2v) is 8.22. The lowest BCUT2D eigenvalue weighted by Gasteiger charge is -2.36. The number of hydrogen-bond donors (Lipinski definition) is 0. The number of thiazole rings is 1. The van der Waals surface area contributed by atoms with Gasteiger partial charge in [-0.1, -0.05) is 11.3 Å². The standard InChI is InChI=1S/C17H23F3N2O2S/c1-11(23)6-13-7-12(8-13)2-4-22-5-3-15-14(9-22)21-16(25-15)24-10-17(18,19)20/h12-13H,2-10H2,1H3. The molecule has 2 heterocycles. The Balaban J connectivity index is 1.41. The van der Waals surface area contributed by atoms with Crippen LogP contribution in [0, 0.1) is 11.8 Å². The molecule has 140 valence electrons. The maximum atomic E-state index is 12.2. The van der Waals surface area contributed by atoms with Crippen LogP contribution in [0.25, 0.3) is 0 Å². The van der Waals surface area contributed by atoms with Gasteiger partial charge >= 0.3 is 6.18 Å². The van der Waals surface area contributed by atoms with Crippen LogP contribution in [-0.4, -0.2) is 41.5 Å². The third-order valence-electron chi connectivity index (χ3n) is 4.91. The first-order valence-corrected chi connectivity index (χ1v) is 9.50. The Morgan fingerprint density at radius 1 is 1.36 bits per heavy atom. The lowest BCUT2D eigenvalue weighted by molar-refractivity contribution is -0.153. The van der Waals surface area contributed by atoms with Crippen LogP contribution in [0.4, 0.5) is 13.2 Å². The fourth-order valence-electron chi connectivity index (χ4n) is 3.67. The fourth-order valence-corrected chi connectivity index (χ4v) is 4.58. The van der Waals surface area contributed by atoms with E-state index in [9.17, 15) is 18.0 Å². The molecule has 3 rings (SSSR count). The van der Waals surface area contributed by atoms with Crippen LogP contribution < -0.4 is 4.74 Å². The normalized spacial score (nSPS) is 23.8. The maximum absolute atomic E-state index is 12.2. The van der Waals surface area contributed by atoms with Gasteiger partial charge in [0.05, 0.1) is 5.69 Å². The zero-order chi connectivity index (χ0) is 18.0. The smallest absolute Gasteiger partial charge is 0.422 e. The van der Waals surface area contributed by atoms with Crippen molar-refractivity contribution < 1.29 is 22.7 Å². The summed E-state index contributed by atoms with van der Waals surface area (Å²) in [5.74, 6) is 1.55. The molecule has 0 spiro atoms. The first-order chi connectivity index (χ1) is 11.8. The van der Waals surface area contributed by atoms with Gasteiger partial charge in [-0.05, 0) is 51.0 Å². The van der Waals surface area contributed by atoms with E-state index in [0.29, 0.717) is 24.8 Å². The van der Waals surface area contributed by atoms with Gasteiger partial charge in [-0.3, -0.25) is 4.90 Å². The number of ether oxygens (including phenoxy) is 1. The van der Waals surface area contributed by atoms with E-state index in [4.69, 9.17) is 4.74 Å². The lowest BCUT2D eigenvalue weighted by atomic mass is 9.71. The second-order valence-electron chi connectivity index (χ2n) is 7.18. The van der Waals surface area contributed by atoms with Crippen molar-refractivity contribution in [3.8, 4) is 5.19 Å². The first kappa shape index (κ1) is 18.6. The zero-order valence-corrected chi connectivity index (χ0v) is 15.1. The lowest BCUT2D eigenvalue weighted by Crippen LogP contribution is -2.34. The molecule has 1 saturated carbocycles. The summed E-state index contributed by atoms with van der Waals surface area (Å²) in [5.41, 5.74) is 0.858. The zero-order valence-electron chi connectivity index (χ0n) is 14.3. The third kappa shape index (κ3) is 5.41. The number of fused-ring (bicyclic) bond motifs is 1. The number of carbonyl (C=O) groups is 1. The molecule has 0 N–H and O–H groups in total. The van der Waals surface area contributed by atoms with Crippen LogP contribution in [0.15, 0.2) is 0 Å². The van der Waals surface area contributed by atoms with Gasteiger partial charge < -0.3 is 9.53 Å². The van der Waals surface area contributed by atoms with Crippen molar-refractivity contribution in [2.75, 3.05) is 19.7 Å². The Bertz CT molecular complexity index is 612. The molecule has 2 aliphatic rings. The molecule has 1 aliphatic carbocycles. The average Bonchev–Trinajstić information content (AvgIpc) is 2.88. The van der Waals surface area contributed by atoms with Gasteiger partial charge in [0.25, 0.3) is 5.19 Å². The summed E-state index contributed by atoms with van der Waals surface area (Å²) in [5, 5.41) is 0.121. The van der Waals surface area contributed by atoms with Crippen molar-refractivity contribution in [1.29, 1.82) is 0 Å². The van der Waals surface area contributed by atoms with Crippen molar-refractivity contribution in [3.63, 3.8) is 0 Å². The fraction of sp³-hybridized carbons (Fsp3) is 0.765. The molecular weight excluding hydrogens is 353 g/mol. The number of nitrogens with zero attached hydrogens (tertiary/aromatic N) is 2. The van der Waals surface area contributed by atoms with Crippen LogP contribution >= 0.6 is 11.3 Å². The van der Waals surface area contributed by atoms with E-state index in [1.807, 2.05) is 0 Å². The van der Waals surface area contributed by atoms with Crippen LogP contribution in [0.3, 0.4) is 0 Å². The number of alkyl halides is 3. The minimum Gasteiger partial charge on any atom is -0.460 e. The Hall–Kier alpha value is -1.15. The first-order valence-electron chi connectivity index (χ1n) is 8.68. The molecule has 4 nitrogen and oxygen atoms in total. The van der Waals surface area contributed by atoms with Gasteiger partial charge in [-0.25, -0.2) is 4.98 Å². The summed E-state index contributed by atoms with van der Waals surface area (Å²) in [6.07, 6.45) is 0.602. The van der Waals surface area contributed by atoms with E-state index in [-0.39, 0.29) is 11.0 Å². The largest absolute Gasteiger partial charge is 0.460 e. The highest BCUT2D eigenvalue weighted by molar-refractivity contribution is 7.13. The molecule has 0 bridgehead atoms. The van der Waals surface area contributed by atoms with Crippen molar-refractivity contribution in [2.45, 2.75) is 51.7 Å². The third-order valence-corrected chi connectivity index (χ3v) is 5.98. The highest BCUT2D eigenvalue weighted by Crippen LogP contribution is 2.39. The van der Waals surface area contributed by atoms with Gasteiger partial charge in [0.15, 0.2) is 6.61 Å². The summed E-state index contributed by atoms with van der Waals surface area (Å²) < 4.78 is 41.4. The minimum atomic E-state index is -4.33. The number of carbonyl (C=O) groups excluding carboxylic acids is 1. The Morgan fingerprint density at radius 3 is 2.80 bits per heavy atom. The average molecular weight is 376 g/mol. The maximum Gasteiger partial charge on any atom is 0.422 e. The van der Waals surface area contributed by atoms with Crippen molar-refractivity contribution in [2.24, 2.45) is 11.8 Å². The van der Waals surface area contributed by atoms with Crippen molar-refractivity contribution >= 4 is 17.1 Å². The van der Waals surface area contributed by atoms with E-state index in [1.165, 1.54) is 11.3 Å². The predicted molar refractivity (Wildman–Crippen MR) is 88.8 cm³/mol. The minimum absolute atomic E-state index is 0.121. The van der Waals surface area contributed by atoms with Gasteiger partial charge in [0.1, 0.15) is 5.78 Å². The molecule has 1 fully saturated rings. The number of hydrogen-bond acceptors (Lipinski definition) is 5. The molecule has 0 amide bonds. The summed E-state index contributed by atoms with van der Waals surface area (Å²) in [6, 6.07) is 0. The Morgan fingerprint density at radius 2 is 2.12 bits per heavy atom. The van der Waals surface area contributed by atoms with Crippen LogP contribution in [0.2, 0.25) is 0 Å². The molecule has 8 heteroatoms. The molecule has 25 heavy (non-hydrogen) atoms. The SMILES string of the molecule is CC(=O)CC1CC(CCN2CCc3sc(OCC(F)(F)F)nc3C2)C1. The second kappa shape index (κ2) is 7.61. The molecule has 1 aliphatic heterocycles. The molecule has 0 aromatic carbocycles. The van der Waals surface area contributed by atoms with Crippen LogP contribution in [-0.2, 0) is 17.8 Å². The summed E-state index contributed by atoms with van der Waals surface area (Å²) >= 11 is 1.23. The van der Waals surface area contributed by atoms with E-state index in [0.717, 1.165) is 49.3 Å². The predicted octanol–water partition coefficient (Wildman–Crippen LogP) is 3.84. The van der Waals surface area contributed by atoms with Gasteiger partial charge in [0.2, 0.25) is 0 Å².